The number of benzene rings is 2. The van der Waals surface area contributed by atoms with Crippen molar-refractivity contribution in [3.05, 3.63) is 72.1 Å². The fraction of sp³-hybridized carbons (Fsp3) is 0.231. The molecule has 0 fully saturated rings. The van der Waals surface area contributed by atoms with Crippen molar-refractivity contribution in [1.82, 2.24) is 19.5 Å². The molecule has 180 valence electrons. The normalized spacial score (nSPS) is 10.7. The number of fused-ring (bicyclic) bond motifs is 1. The summed E-state index contributed by atoms with van der Waals surface area (Å²) in [6, 6.07) is 15.8. The van der Waals surface area contributed by atoms with Gasteiger partial charge in [-0.1, -0.05) is 0 Å². The van der Waals surface area contributed by atoms with Crippen LogP contribution in [0.15, 0.2) is 60.8 Å². The molecule has 2 aromatic heterocycles. The summed E-state index contributed by atoms with van der Waals surface area (Å²) in [5.41, 5.74) is 3.46. The van der Waals surface area contributed by atoms with E-state index in [0.29, 0.717) is 41.5 Å². The van der Waals surface area contributed by atoms with Crippen molar-refractivity contribution in [3.63, 3.8) is 0 Å². The zero-order valence-corrected chi connectivity index (χ0v) is 20.1. The predicted octanol–water partition coefficient (Wildman–Crippen LogP) is 4.15. The number of anilines is 1. The molecule has 0 saturated carbocycles. The predicted molar refractivity (Wildman–Crippen MR) is 133 cm³/mol. The molecular weight excluding hydrogens is 446 g/mol. The number of nitrogens with one attached hydrogen (secondary N) is 1. The molecule has 0 atom stereocenters. The SMILES string of the molecule is CCN(CC)C(=O)c1ccc(NC(=O)c2cc3nccc(-c4ccc(OC)c(OC)c4)n3n2)cc1. The fourth-order valence-corrected chi connectivity index (χ4v) is 3.81. The van der Waals surface area contributed by atoms with E-state index in [1.54, 1.807) is 60.2 Å². The minimum Gasteiger partial charge on any atom is -0.493 e. The maximum Gasteiger partial charge on any atom is 0.276 e. The quantitative estimate of drug-likeness (QED) is 0.413. The second-order valence-electron chi connectivity index (χ2n) is 7.71. The molecule has 0 aliphatic carbocycles. The molecule has 9 nitrogen and oxygen atoms in total. The van der Waals surface area contributed by atoms with Gasteiger partial charge in [-0.05, 0) is 62.4 Å². The van der Waals surface area contributed by atoms with Gasteiger partial charge in [-0.2, -0.15) is 5.10 Å². The standard InChI is InChI=1S/C26H27N5O4/c1-5-30(6-2)26(33)17-7-10-19(11-8-17)28-25(32)20-16-24-27-14-13-21(31(24)29-20)18-9-12-22(34-3)23(15-18)35-4/h7-16H,5-6H2,1-4H3,(H,28,32). The van der Waals surface area contributed by atoms with Crippen molar-refractivity contribution in [2.75, 3.05) is 32.6 Å². The monoisotopic (exact) mass is 473 g/mol. The molecule has 2 amide bonds. The van der Waals surface area contributed by atoms with Crippen LogP contribution < -0.4 is 14.8 Å². The number of hydrogen-bond donors (Lipinski definition) is 1. The van der Waals surface area contributed by atoms with Gasteiger partial charge in [0.05, 0.1) is 19.9 Å². The molecule has 9 heteroatoms. The van der Waals surface area contributed by atoms with E-state index in [-0.39, 0.29) is 17.5 Å². The third-order valence-corrected chi connectivity index (χ3v) is 5.71. The lowest BCUT2D eigenvalue weighted by molar-refractivity contribution is 0.0773. The van der Waals surface area contributed by atoms with Crippen molar-refractivity contribution in [3.8, 4) is 22.8 Å². The number of hydrogen-bond acceptors (Lipinski definition) is 6. The summed E-state index contributed by atoms with van der Waals surface area (Å²) in [6.45, 7) is 5.16. The summed E-state index contributed by atoms with van der Waals surface area (Å²) < 4.78 is 12.3. The zero-order valence-electron chi connectivity index (χ0n) is 20.1. The number of ether oxygens (including phenoxy) is 2. The highest BCUT2D eigenvalue weighted by atomic mass is 16.5. The summed E-state index contributed by atoms with van der Waals surface area (Å²) >= 11 is 0. The number of rotatable bonds is 8. The highest BCUT2D eigenvalue weighted by Gasteiger charge is 2.17. The van der Waals surface area contributed by atoms with E-state index in [2.05, 4.69) is 15.4 Å². The first kappa shape index (κ1) is 23.7. The van der Waals surface area contributed by atoms with E-state index in [4.69, 9.17) is 9.47 Å². The van der Waals surface area contributed by atoms with Gasteiger partial charge < -0.3 is 19.7 Å². The average Bonchev–Trinajstić information content (AvgIpc) is 3.34. The smallest absolute Gasteiger partial charge is 0.276 e. The lowest BCUT2D eigenvalue weighted by atomic mass is 10.1. The number of aromatic nitrogens is 3. The molecule has 0 saturated heterocycles. The van der Waals surface area contributed by atoms with Crippen molar-refractivity contribution in [2.45, 2.75) is 13.8 Å². The van der Waals surface area contributed by atoms with Gasteiger partial charge in [-0.25, -0.2) is 9.50 Å². The summed E-state index contributed by atoms with van der Waals surface area (Å²) in [5, 5.41) is 7.31. The average molecular weight is 474 g/mol. The summed E-state index contributed by atoms with van der Waals surface area (Å²) in [5.74, 6) is 0.786. The number of carbonyl (C=O) groups is 2. The Hall–Kier alpha value is -4.40. The first-order valence-corrected chi connectivity index (χ1v) is 11.3. The topological polar surface area (TPSA) is 98.1 Å². The summed E-state index contributed by atoms with van der Waals surface area (Å²) in [4.78, 5) is 31.5. The van der Waals surface area contributed by atoms with Gasteiger partial charge in [-0.3, -0.25) is 9.59 Å². The van der Waals surface area contributed by atoms with Crippen LogP contribution in [-0.4, -0.2) is 58.6 Å². The largest absolute Gasteiger partial charge is 0.493 e. The highest BCUT2D eigenvalue weighted by Crippen LogP contribution is 2.32. The van der Waals surface area contributed by atoms with Crippen molar-refractivity contribution < 1.29 is 19.1 Å². The molecule has 2 heterocycles. The van der Waals surface area contributed by atoms with E-state index in [1.165, 1.54) is 0 Å². The second-order valence-corrected chi connectivity index (χ2v) is 7.71. The third-order valence-electron chi connectivity index (χ3n) is 5.71. The van der Waals surface area contributed by atoms with Crippen LogP contribution in [0.3, 0.4) is 0 Å². The van der Waals surface area contributed by atoms with Gasteiger partial charge in [-0.15, -0.1) is 0 Å². The van der Waals surface area contributed by atoms with Crippen molar-refractivity contribution >= 4 is 23.1 Å². The van der Waals surface area contributed by atoms with Crippen LogP contribution in [0, 0.1) is 0 Å². The Balaban J connectivity index is 1.57. The van der Waals surface area contributed by atoms with Gasteiger partial charge in [0.15, 0.2) is 22.8 Å². The Bertz CT molecular complexity index is 1360. The molecule has 0 radical (unpaired) electrons. The Morgan fingerprint density at radius 3 is 2.31 bits per heavy atom. The van der Waals surface area contributed by atoms with Crippen LogP contribution in [0.4, 0.5) is 5.69 Å². The number of nitrogens with zero attached hydrogens (tertiary/aromatic N) is 4. The van der Waals surface area contributed by atoms with Gasteiger partial charge in [0.1, 0.15) is 0 Å². The van der Waals surface area contributed by atoms with Crippen LogP contribution in [-0.2, 0) is 0 Å². The molecule has 0 aliphatic rings. The number of amides is 2. The van der Waals surface area contributed by atoms with Crippen LogP contribution in [0.5, 0.6) is 11.5 Å². The number of carbonyl (C=O) groups excluding carboxylic acids is 2. The molecule has 0 aliphatic heterocycles. The summed E-state index contributed by atoms with van der Waals surface area (Å²) in [6.07, 6.45) is 1.66. The Morgan fingerprint density at radius 1 is 0.943 bits per heavy atom. The minimum absolute atomic E-state index is 0.0398. The van der Waals surface area contributed by atoms with E-state index in [0.717, 1.165) is 11.3 Å². The molecule has 2 aromatic carbocycles. The Kier molecular flexibility index (Phi) is 6.96. The van der Waals surface area contributed by atoms with Gasteiger partial charge in [0.2, 0.25) is 0 Å². The highest BCUT2D eigenvalue weighted by molar-refractivity contribution is 6.04. The molecule has 0 bridgehead atoms. The van der Waals surface area contributed by atoms with Crippen LogP contribution in [0.1, 0.15) is 34.7 Å². The van der Waals surface area contributed by atoms with Gasteiger partial charge >= 0.3 is 0 Å². The van der Waals surface area contributed by atoms with Crippen LogP contribution in [0.2, 0.25) is 0 Å². The lowest BCUT2D eigenvalue weighted by Gasteiger charge is -2.18. The molecule has 0 unspecified atom stereocenters. The Labute approximate surface area is 203 Å². The van der Waals surface area contributed by atoms with Gasteiger partial charge in [0, 0.05) is 42.2 Å². The fourth-order valence-electron chi connectivity index (χ4n) is 3.81. The van der Waals surface area contributed by atoms with E-state index in [1.807, 2.05) is 38.1 Å². The zero-order chi connectivity index (χ0) is 24.9. The van der Waals surface area contributed by atoms with Crippen LogP contribution in [0.25, 0.3) is 16.9 Å². The molecular formula is C26H27N5O4. The van der Waals surface area contributed by atoms with Gasteiger partial charge in [0.25, 0.3) is 11.8 Å². The Morgan fingerprint density at radius 2 is 1.66 bits per heavy atom. The molecule has 4 rings (SSSR count). The van der Waals surface area contributed by atoms with E-state index >= 15 is 0 Å². The maximum atomic E-state index is 12.9. The number of methoxy groups -OCH3 is 2. The van der Waals surface area contributed by atoms with E-state index < -0.39 is 0 Å². The summed E-state index contributed by atoms with van der Waals surface area (Å²) in [7, 11) is 3.16. The minimum atomic E-state index is -0.378. The third kappa shape index (κ3) is 4.79. The lowest BCUT2D eigenvalue weighted by Crippen LogP contribution is -2.30. The second kappa shape index (κ2) is 10.3. The molecule has 0 spiro atoms. The molecule has 4 aromatic rings. The van der Waals surface area contributed by atoms with E-state index in [9.17, 15) is 9.59 Å². The van der Waals surface area contributed by atoms with Crippen molar-refractivity contribution in [2.24, 2.45) is 0 Å². The maximum absolute atomic E-state index is 12.9. The first-order chi connectivity index (χ1) is 17.0. The molecule has 35 heavy (non-hydrogen) atoms. The first-order valence-electron chi connectivity index (χ1n) is 11.3. The van der Waals surface area contributed by atoms with Crippen LogP contribution >= 0.6 is 0 Å². The molecule has 1 N–H and O–H groups in total. The van der Waals surface area contributed by atoms with Crippen molar-refractivity contribution in [1.29, 1.82) is 0 Å².